The first-order valence-corrected chi connectivity index (χ1v) is 8.40. The van der Waals surface area contributed by atoms with E-state index in [4.69, 9.17) is 9.47 Å². The molecule has 3 rings (SSSR count). The summed E-state index contributed by atoms with van der Waals surface area (Å²) in [6, 6.07) is 9.00. The monoisotopic (exact) mass is 341 g/mol. The molecule has 25 heavy (non-hydrogen) atoms. The van der Waals surface area contributed by atoms with Crippen LogP contribution in [0.2, 0.25) is 0 Å². The van der Waals surface area contributed by atoms with Crippen LogP contribution < -0.4 is 15.4 Å². The minimum absolute atomic E-state index is 0.115. The zero-order valence-corrected chi connectivity index (χ0v) is 14.7. The van der Waals surface area contributed by atoms with E-state index in [1.165, 1.54) is 0 Å². The molecule has 0 bridgehead atoms. The predicted octanol–water partition coefficient (Wildman–Crippen LogP) is 2.81. The van der Waals surface area contributed by atoms with Crippen LogP contribution in [0.25, 0.3) is 0 Å². The number of nitrogens with one attached hydrogen (secondary N) is 2. The minimum atomic E-state index is -0.363. The van der Waals surface area contributed by atoms with Gasteiger partial charge in [0.05, 0.1) is 12.7 Å². The maximum absolute atomic E-state index is 12.5. The van der Waals surface area contributed by atoms with Gasteiger partial charge in [-0.2, -0.15) is 0 Å². The number of morpholine rings is 1. The number of aromatic nitrogens is 1. The van der Waals surface area contributed by atoms with Crippen molar-refractivity contribution in [1.82, 2.24) is 10.3 Å². The first-order valence-electron chi connectivity index (χ1n) is 8.40. The Morgan fingerprint density at radius 2 is 2.16 bits per heavy atom. The van der Waals surface area contributed by atoms with Gasteiger partial charge in [0.2, 0.25) is 11.8 Å². The van der Waals surface area contributed by atoms with Crippen LogP contribution in [-0.2, 0) is 9.53 Å². The second kappa shape index (κ2) is 7.63. The Morgan fingerprint density at radius 3 is 2.92 bits per heavy atom. The summed E-state index contributed by atoms with van der Waals surface area (Å²) in [7, 11) is 0. The van der Waals surface area contributed by atoms with Crippen molar-refractivity contribution in [2.45, 2.75) is 32.9 Å². The number of nitrogens with zero attached hydrogens (tertiary/aromatic N) is 1. The van der Waals surface area contributed by atoms with Gasteiger partial charge in [0.1, 0.15) is 11.8 Å². The molecule has 2 aromatic rings. The Bertz CT molecular complexity index is 763. The van der Waals surface area contributed by atoms with Crippen molar-refractivity contribution in [3.8, 4) is 11.6 Å². The third kappa shape index (κ3) is 4.35. The Hall–Kier alpha value is -2.44. The topological polar surface area (TPSA) is 72.5 Å². The number of carbonyl (C=O) groups excluding carboxylic acids is 1. The fraction of sp³-hybridized carbons (Fsp3) is 0.368. The van der Waals surface area contributed by atoms with Crippen molar-refractivity contribution < 1.29 is 14.3 Å². The molecule has 0 spiro atoms. The summed E-state index contributed by atoms with van der Waals surface area (Å²) in [5, 5.41) is 6.11. The van der Waals surface area contributed by atoms with E-state index in [2.05, 4.69) is 15.6 Å². The highest BCUT2D eigenvalue weighted by molar-refractivity contribution is 5.95. The smallest absolute Gasteiger partial charge is 0.244 e. The van der Waals surface area contributed by atoms with E-state index in [9.17, 15) is 4.79 Å². The molecule has 1 aliphatic heterocycles. The van der Waals surface area contributed by atoms with Gasteiger partial charge in [-0.25, -0.2) is 4.98 Å². The first-order chi connectivity index (χ1) is 12.0. The number of hydrogen-bond acceptors (Lipinski definition) is 5. The molecule has 2 atom stereocenters. The summed E-state index contributed by atoms with van der Waals surface area (Å²) < 4.78 is 11.4. The van der Waals surface area contributed by atoms with Gasteiger partial charge in [-0.05, 0) is 44.0 Å². The lowest BCUT2D eigenvalue weighted by molar-refractivity contribution is -0.123. The Morgan fingerprint density at radius 1 is 1.32 bits per heavy atom. The molecule has 1 amide bonds. The molecule has 0 aliphatic carbocycles. The largest absolute Gasteiger partial charge is 0.439 e. The van der Waals surface area contributed by atoms with Gasteiger partial charge in [0, 0.05) is 30.6 Å². The average Bonchev–Trinajstić information content (AvgIpc) is 2.58. The van der Waals surface area contributed by atoms with E-state index in [0.29, 0.717) is 30.5 Å². The van der Waals surface area contributed by atoms with E-state index < -0.39 is 0 Å². The first kappa shape index (κ1) is 17.4. The van der Waals surface area contributed by atoms with Gasteiger partial charge < -0.3 is 20.1 Å². The van der Waals surface area contributed by atoms with Crippen molar-refractivity contribution in [1.29, 1.82) is 0 Å². The number of benzene rings is 1. The highest BCUT2D eigenvalue weighted by Gasteiger charge is 2.28. The van der Waals surface area contributed by atoms with E-state index in [-0.39, 0.29) is 18.1 Å². The van der Waals surface area contributed by atoms with Crippen LogP contribution in [0, 0.1) is 13.8 Å². The highest BCUT2D eigenvalue weighted by Crippen LogP contribution is 2.27. The summed E-state index contributed by atoms with van der Waals surface area (Å²) in [5.74, 6) is 1.08. The van der Waals surface area contributed by atoms with Crippen LogP contribution in [0.1, 0.15) is 18.1 Å². The molecule has 0 saturated carbocycles. The summed E-state index contributed by atoms with van der Waals surface area (Å²) in [6.07, 6.45) is 1.55. The Balaban J connectivity index is 1.73. The molecule has 2 heterocycles. The molecule has 0 radical (unpaired) electrons. The lowest BCUT2D eigenvalue weighted by atomic mass is 10.1. The van der Waals surface area contributed by atoms with Crippen molar-refractivity contribution in [3.05, 3.63) is 47.7 Å². The standard InChI is InChI=1S/C19H23N3O3/c1-12-6-7-20-17(10-12)25-16-11-15(5-4-13(16)2)22-19(23)18-14(3)24-9-8-21-18/h4-7,10-11,14,18,21H,8-9H2,1-3H3,(H,22,23)/t14-,18+/m1/s1. The predicted molar refractivity (Wildman–Crippen MR) is 96.1 cm³/mol. The SMILES string of the molecule is Cc1ccnc(Oc2cc(NC(=O)[C@H]3NCCO[C@@H]3C)ccc2C)c1. The number of hydrogen-bond donors (Lipinski definition) is 2. The maximum Gasteiger partial charge on any atom is 0.244 e. The van der Waals surface area contributed by atoms with E-state index in [0.717, 1.165) is 11.1 Å². The second-order valence-electron chi connectivity index (χ2n) is 6.25. The van der Waals surface area contributed by atoms with Gasteiger partial charge in [-0.3, -0.25) is 4.79 Å². The van der Waals surface area contributed by atoms with Crippen molar-refractivity contribution >= 4 is 11.6 Å². The van der Waals surface area contributed by atoms with Crippen molar-refractivity contribution in [2.24, 2.45) is 0 Å². The molecule has 1 aromatic heterocycles. The molecule has 0 unspecified atom stereocenters. The molecule has 6 heteroatoms. The van der Waals surface area contributed by atoms with E-state index >= 15 is 0 Å². The third-order valence-electron chi connectivity index (χ3n) is 4.16. The van der Waals surface area contributed by atoms with Crippen LogP contribution in [0.4, 0.5) is 5.69 Å². The number of carbonyl (C=O) groups is 1. The van der Waals surface area contributed by atoms with Crippen LogP contribution in [0.5, 0.6) is 11.6 Å². The van der Waals surface area contributed by atoms with Gasteiger partial charge >= 0.3 is 0 Å². The van der Waals surface area contributed by atoms with Gasteiger partial charge in [0.25, 0.3) is 0 Å². The summed E-state index contributed by atoms with van der Waals surface area (Å²) in [4.78, 5) is 16.7. The second-order valence-corrected chi connectivity index (χ2v) is 6.25. The zero-order chi connectivity index (χ0) is 17.8. The molecular weight excluding hydrogens is 318 g/mol. The quantitative estimate of drug-likeness (QED) is 0.895. The van der Waals surface area contributed by atoms with Crippen molar-refractivity contribution in [3.63, 3.8) is 0 Å². The normalized spacial score (nSPS) is 20.1. The number of anilines is 1. The zero-order valence-electron chi connectivity index (χ0n) is 14.7. The molecular formula is C19H23N3O3. The van der Waals surface area contributed by atoms with E-state index in [1.54, 1.807) is 6.20 Å². The van der Waals surface area contributed by atoms with Crippen LogP contribution in [-0.4, -0.2) is 36.2 Å². The van der Waals surface area contributed by atoms with Gasteiger partial charge in [0.15, 0.2) is 0 Å². The summed E-state index contributed by atoms with van der Waals surface area (Å²) in [6.45, 7) is 7.12. The number of amides is 1. The van der Waals surface area contributed by atoms with Crippen LogP contribution in [0.15, 0.2) is 36.5 Å². The molecule has 1 saturated heterocycles. The molecule has 1 fully saturated rings. The fourth-order valence-corrected chi connectivity index (χ4v) is 2.71. The lowest BCUT2D eigenvalue weighted by Gasteiger charge is -2.29. The van der Waals surface area contributed by atoms with Gasteiger partial charge in [-0.1, -0.05) is 6.07 Å². The summed E-state index contributed by atoms with van der Waals surface area (Å²) >= 11 is 0. The van der Waals surface area contributed by atoms with Crippen LogP contribution in [0.3, 0.4) is 0 Å². The average molecular weight is 341 g/mol. The molecule has 1 aliphatic rings. The number of ether oxygens (including phenoxy) is 2. The minimum Gasteiger partial charge on any atom is -0.439 e. The number of rotatable bonds is 4. The third-order valence-corrected chi connectivity index (χ3v) is 4.16. The fourth-order valence-electron chi connectivity index (χ4n) is 2.71. The van der Waals surface area contributed by atoms with E-state index in [1.807, 2.05) is 51.1 Å². The van der Waals surface area contributed by atoms with Crippen LogP contribution >= 0.6 is 0 Å². The molecule has 2 N–H and O–H groups in total. The Labute approximate surface area is 147 Å². The Kier molecular flexibility index (Phi) is 5.31. The lowest BCUT2D eigenvalue weighted by Crippen LogP contribution is -2.53. The molecule has 132 valence electrons. The maximum atomic E-state index is 12.5. The summed E-state index contributed by atoms with van der Waals surface area (Å²) in [5.41, 5.74) is 2.72. The number of aryl methyl sites for hydroxylation is 2. The molecule has 1 aromatic carbocycles. The number of pyridine rings is 1. The molecule has 6 nitrogen and oxygen atoms in total. The highest BCUT2D eigenvalue weighted by atomic mass is 16.5. The van der Waals surface area contributed by atoms with Gasteiger partial charge in [-0.15, -0.1) is 0 Å². The van der Waals surface area contributed by atoms with Crippen molar-refractivity contribution in [2.75, 3.05) is 18.5 Å².